The number of ether oxygens (including phenoxy) is 1. The van der Waals surface area contributed by atoms with Gasteiger partial charge in [-0.05, 0) is 0 Å². The van der Waals surface area contributed by atoms with E-state index in [9.17, 15) is 22.9 Å². The van der Waals surface area contributed by atoms with Gasteiger partial charge in [-0.3, -0.25) is 5.21 Å². The first-order chi connectivity index (χ1) is 10.2. The molecule has 2 heterocycles. The number of anilines is 1. The van der Waals surface area contributed by atoms with E-state index in [2.05, 4.69) is 8.80 Å². The van der Waals surface area contributed by atoms with Crippen molar-refractivity contribution in [2.45, 2.75) is 4.21 Å². The number of hydroxylamine groups is 1. The molecule has 13 heteroatoms. The number of nitrogens with zero attached hydrogens (tertiary/aromatic N) is 4. The average Bonchev–Trinajstić information content (AvgIpc) is 3.01. The molecular formula is C9H12N4O6S3. The van der Waals surface area contributed by atoms with E-state index in [0.717, 1.165) is 4.31 Å². The molecule has 0 saturated heterocycles. The second kappa shape index (κ2) is 5.92. The highest BCUT2D eigenvalue weighted by Crippen LogP contribution is 2.40. The Balaban J connectivity index is 2.44. The van der Waals surface area contributed by atoms with Crippen molar-refractivity contribution < 1.29 is 27.7 Å². The number of rotatable bonds is 3. The fourth-order valence-corrected chi connectivity index (χ4v) is 4.49. The highest BCUT2D eigenvalue weighted by atomic mass is 32.2. The molecule has 0 bridgehead atoms. The maximum absolute atomic E-state index is 12.0. The summed E-state index contributed by atoms with van der Waals surface area (Å²) in [5, 5.41) is 21.7. The van der Waals surface area contributed by atoms with Gasteiger partial charge in [-0.2, -0.15) is 5.06 Å². The number of amidine groups is 1. The smallest absolute Gasteiger partial charge is 0.271 e. The maximum Gasteiger partial charge on any atom is 0.271 e. The molecule has 2 rings (SSSR count). The van der Waals surface area contributed by atoms with Crippen molar-refractivity contribution in [2.75, 3.05) is 26.3 Å². The molecule has 122 valence electrons. The summed E-state index contributed by atoms with van der Waals surface area (Å²) >= 11 is -1.24. The minimum Gasteiger partial charge on any atom is -0.504 e. The molecule has 1 aliphatic heterocycles. The Labute approximate surface area is 132 Å². The molecule has 0 radical (unpaired) electrons. The van der Waals surface area contributed by atoms with E-state index in [0.29, 0.717) is 16.4 Å². The topological polar surface area (TPSA) is 132 Å². The Morgan fingerprint density at radius 1 is 1.36 bits per heavy atom. The largest absolute Gasteiger partial charge is 0.504 e. The molecule has 0 fully saturated rings. The Morgan fingerprint density at radius 2 is 2.00 bits per heavy atom. The van der Waals surface area contributed by atoms with Crippen LogP contribution in [0.3, 0.4) is 0 Å². The lowest BCUT2D eigenvalue weighted by atomic mass is 10.4. The van der Waals surface area contributed by atoms with Gasteiger partial charge < -0.3 is 9.84 Å². The highest BCUT2D eigenvalue weighted by Gasteiger charge is 2.32. The Hall–Kier alpha value is -1.54. The van der Waals surface area contributed by atoms with Crippen LogP contribution in [0.1, 0.15) is 0 Å². The van der Waals surface area contributed by atoms with E-state index < -0.39 is 26.9 Å². The molecule has 0 aromatic carbocycles. The molecule has 0 spiro atoms. The molecule has 0 amide bonds. The van der Waals surface area contributed by atoms with E-state index in [1.807, 2.05) is 0 Å². The lowest BCUT2D eigenvalue weighted by Crippen LogP contribution is -2.33. The summed E-state index contributed by atoms with van der Waals surface area (Å²) in [6, 6.07) is 0. The van der Waals surface area contributed by atoms with Crippen molar-refractivity contribution >= 4 is 50.0 Å². The summed E-state index contributed by atoms with van der Waals surface area (Å²) in [7, 11) is -0.0141. The Bertz CT molecular complexity index is 781. The molecule has 0 saturated carbocycles. The first kappa shape index (κ1) is 16.8. The standard InChI is InChI=1S/C9H12N4O6S3/c1-12(2)22(17,18)9-6(14)5(4-20-9)13(15)7-8(19-3)11-21(16)10-7/h4,14-15H,1-3H3. The van der Waals surface area contributed by atoms with Crippen LogP contribution in [0.4, 0.5) is 5.69 Å². The van der Waals surface area contributed by atoms with E-state index in [-0.39, 0.29) is 21.6 Å². The van der Waals surface area contributed by atoms with Crippen LogP contribution in [0.25, 0.3) is 0 Å². The van der Waals surface area contributed by atoms with Gasteiger partial charge in [-0.1, -0.05) is 0 Å². The molecule has 0 aliphatic carbocycles. The van der Waals surface area contributed by atoms with Crippen molar-refractivity contribution in [3.63, 3.8) is 0 Å². The lowest BCUT2D eigenvalue weighted by molar-refractivity contribution is 0.306. The van der Waals surface area contributed by atoms with Gasteiger partial charge >= 0.3 is 0 Å². The second-order valence-corrected chi connectivity index (χ2v) is 8.16. The summed E-state index contributed by atoms with van der Waals surface area (Å²) in [6.45, 7) is 0. The zero-order valence-corrected chi connectivity index (χ0v) is 14.1. The van der Waals surface area contributed by atoms with Crippen molar-refractivity contribution in [3.8, 4) is 5.75 Å². The summed E-state index contributed by atoms with van der Waals surface area (Å²) < 4.78 is 47.7. The fraction of sp³-hybridized carbons (Fsp3) is 0.333. The van der Waals surface area contributed by atoms with E-state index in [4.69, 9.17) is 4.74 Å². The minimum absolute atomic E-state index is 0.205. The first-order valence-electron chi connectivity index (χ1n) is 5.56. The van der Waals surface area contributed by atoms with E-state index >= 15 is 0 Å². The van der Waals surface area contributed by atoms with Crippen LogP contribution in [0, 0.1) is 0 Å². The van der Waals surface area contributed by atoms with E-state index in [1.165, 1.54) is 26.6 Å². The summed E-state index contributed by atoms with van der Waals surface area (Å²) in [4.78, 5) is 0. The van der Waals surface area contributed by atoms with Gasteiger partial charge in [0.25, 0.3) is 27.1 Å². The number of methoxy groups -OCH3 is 1. The SMILES string of the molecule is COC1=NS(=O)N=C1N(O)c1csc(S(=O)(=O)N(C)C)c1O. The van der Waals surface area contributed by atoms with Crippen LogP contribution >= 0.6 is 11.3 Å². The molecule has 22 heavy (non-hydrogen) atoms. The third kappa shape index (κ3) is 2.72. The van der Waals surface area contributed by atoms with Crippen LogP contribution in [-0.4, -0.2) is 60.2 Å². The molecule has 1 atom stereocenters. The number of aromatic hydroxyl groups is 1. The summed E-state index contributed by atoms with van der Waals surface area (Å²) in [5.74, 6) is -1.16. The monoisotopic (exact) mass is 368 g/mol. The van der Waals surface area contributed by atoms with E-state index in [1.54, 1.807) is 0 Å². The molecule has 1 unspecified atom stereocenters. The van der Waals surface area contributed by atoms with Crippen molar-refractivity contribution in [3.05, 3.63) is 5.38 Å². The lowest BCUT2D eigenvalue weighted by Gasteiger charge is -2.15. The quantitative estimate of drug-likeness (QED) is 0.714. The Kier molecular flexibility index (Phi) is 4.53. The van der Waals surface area contributed by atoms with Gasteiger partial charge in [0.15, 0.2) is 9.96 Å². The third-order valence-electron chi connectivity index (χ3n) is 2.57. The summed E-state index contributed by atoms with van der Waals surface area (Å²) in [5.41, 5.74) is -0.243. The molecule has 1 aromatic heterocycles. The predicted molar refractivity (Wildman–Crippen MR) is 81.1 cm³/mol. The van der Waals surface area contributed by atoms with Crippen molar-refractivity contribution in [1.29, 1.82) is 0 Å². The van der Waals surface area contributed by atoms with Crippen molar-refractivity contribution in [1.82, 2.24) is 4.31 Å². The molecule has 10 nitrogen and oxygen atoms in total. The molecule has 2 N–H and O–H groups in total. The Morgan fingerprint density at radius 3 is 2.55 bits per heavy atom. The van der Waals surface area contributed by atoms with Crippen LogP contribution in [0.15, 0.2) is 18.4 Å². The van der Waals surface area contributed by atoms with Gasteiger partial charge in [-0.25, -0.2) is 16.9 Å². The van der Waals surface area contributed by atoms with Crippen LogP contribution in [0.5, 0.6) is 5.75 Å². The van der Waals surface area contributed by atoms with Gasteiger partial charge in [0, 0.05) is 19.5 Å². The second-order valence-electron chi connectivity index (χ2n) is 4.10. The number of thiophene rings is 1. The normalized spacial score (nSPS) is 18.3. The molecule has 1 aromatic rings. The predicted octanol–water partition coefficient (Wildman–Crippen LogP) is -0.0647. The number of hydrogen-bond acceptors (Lipinski definition) is 8. The van der Waals surface area contributed by atoms with Crippen molar-refractivity contribution in [2.24, 2.45) is 8.80 Å². The summed E-state index contributed by atoms with van der Waals surface area (Å²) in [6.07, 6.45) is 0. The molecular weight excluding hydrogens is 356 g/mol. The minimum atomic E-state index is -3.87. The number of hydrogen-bond donors (Lipinski definition) is 2. The fourth-order valence-electron chi connectivity index (χ4n) is 1.44. The highest BCUT2D eigenvalue weighted by molar-refractivity contribution is 7.91. The van der Waals surface area contributed by atoms with Gasteiger partial charge in [0.2, 0.25) is 5.84 Å². The van der Waals surface area contributed by atoms with Crippen LogP contribution in [0.2, 0.25) is 0 Å². The maximum atomic E-state index is 12.0. The number of sulfonamides is 1. The zero-order chi connectivity index (χ0) is 16.7. The first-order valence-corrected chi connectivity index (χ1v) is 8.94. The van der Waals surface area contributed by atoms with Gasteiger partial charge in [-0.15, -0.1) is 20.1 Å². The van der Waals surface area contributed by atoms with Crippen LogP contribution < -0.4 is 5.06 Å². The average molecular weight is 368 g/mol. The molecule has 1 aliphatic rings. The zero-order valence-electron chi connectivity index (χ0n) is 11.6. The third-order valence-corrected chi connectivity index (χ3v) is 6.51. The van der Waals surface area contributed by atoms with Gasteiger partial charge in [0.1, 0.15) is 5.69 Å². The van der Waals surface area contributed by atoms with Gasteiger partial charge in [0.05, 0.1) is 7.11 Å². The van der Waals surface area contributed by atoms with Crippen LogP contribution in [-0.2, 0) is 25.9 Å².